The highest BCUT2D eigenvalue weighted by Gasteiger charge is 2.12. The predicted octanol–water partition coefficient (Wildman–Crippen LogP) is 2.34. The molecule has 0 amide bonds. The van der Waals surface area contributed by atoms with Gasteiger partial charge in [0.25, 0.3) is 0 Å². The van der Waals surface area contributed by atoms with Crippen LogP contribution in [-0.2, 0) is 9.47 Å². The van der Waals surface area contributed by atoms with Gasteiger partial charge in [-0.25, -0.2) is 0 Å². The second-order valence-electron chi connectivity index (χ2n) is 4.32. The monoisotopic (exact) mass is 276 g/mol. The fourth-order valence-electron chi connectivity index (χ4n) is 1.46. The summed E-state index contributed by atoms with van der Waals surface area (Å²) in [5.74, 6) is 0. The van der Waals surface area contributed by atoms with Crippen molar-refractivity contribution in [1.29, 1.82) is 0 Å². The SMILES string of the molecule is CC.CC.CC1COCCN1C.CN1CCOCC1. The van der Waals surface area contributed by atoms with Crippen LogP contribution in [0.4, 0.5) is 0 Å². The Morgan fingerprint density at radius 3 is 1.53 bits per heavy atom. The number of hydrogen-bond acceptors (Lipinski definition) is 4. The minimum atomic E-state index is 0.615. The molecule has 0 aromatic heterocycles. The van der Waals surface area contributed by atoms with E-state index < -0.39 is 0 Å². The molecule has 0 radical (unpaired) electrons. The largest absolute Gasteiger partial charge is 0.379 e. The molecule has 0 bridgehead atoms. The van der Waals surface area contributed by atoms with Crippen LogP contribution in [0.1, 0.15) is 34.6 Å². The summed E-state index contributed by atoms with van der Waals surface area (Å²) < 4.78 is 10.3. The van der Waals surface area contributed by atoms with Crippen LogP contribution in [0.3, 0.4) is 0 Å². The quantitative estimate of drug-likeness (QED) is 0.678. The third kappa shape index (κ3) is 12.6. The highest BCUT2D eigenvalue weighted by Crippen LogP contribution is 2.00. The first-order valence-corrected chi connectivity index (χ1v) is 7.74. The second kappa shape index (κ2) is 15.9. The fraction of sp³-hybridized carbons (Fsp3) is 1.00. The van der Waals surface area contributed by atoms with E-state index in [9.17, 15) is 0 Å². The molecule has 2 fully saturated rings. The summed E-state index contributed by atoms with van der Waals surface area (Å²) >= 11 is 0. The van der Waals surface area contributed by atoms with Crippen LogP contribution in [0.2, 0.25) is 0 Å². The van der Waals surface area contributed by atoms with Crippen molar-refractivity contribution in [2.24, 2.45) is 0 Å². The Morgan fingerprint density at radius 2 is 1.26 bits per heavy atom. The topological polar surface area (TPSA) is 24.9 Å². The molecule has 1 atom stereocenters. The van der Waals surface area contributed by atoms with Gasteiger partial charge in [-0.2, -0.15) is 0 Å². The van der Waals surface area contributed by atoms with Crippen molar-refractivity contribution in [1.82, 2.24) is 9.80 Å². The van der Waals surface area contributed by atoms with Crippen molar-refractivity contribution in [2.75, 3.05) is 60.2 Å². The van der Waals surface area contributed by atoms with Crippen LogP contribution in [0, 0.1) is 0 Å². The second-order valence-corrected chi connectivity index (χ2v) is 4.32. The van der Waals surface area contributed by atoms with E-state index in [1.54, 1.807) is 0 Å². The average Bonchev–Trinajstić information content (AvgIpc) is 2.48. The predicted molar refractivity (Wildman–Crippen MR) is 83.9 cm³/mol. The van der Waals surface area contributed by atoms with Crippen molar-refractivity contribution in [3.63, 3.8) is 0 Å². The lowest BCUT2D eigenvalue weighted by Gasteiger charge is -2.29. The lowest BCUT2D eigenvalue weighted by molar-refractivity contribution is 0.0131. The third-order valence-electron chi connectivity index (χ3n) is 2.93. The van der Waals surface area contributed by atoms with E-state index in [2.05, 4.69) is 30.8 Å². The smallest absolute Gasteiger partial charge is 0.0619 e. The molecule has 0 N–H and O–H groups in total. The Balaban J connectivity index is 0. The highest BCUT2D eigenvalue weighted by molar-refractivity contribution is 4.65. The highest BCUT2D eigenvalue weighted by atomic mass is 16.5. The van der Waals surface area contributed by atoms with Gasteiger partial charge < -0.3 is 14.4 Å². The number of hydrogen-bond donors (Lipinski definition) is 0. The van der Waals surface area contributed by atoms with Crippen LogP contribution in [0.25, 0.3) is 0 Å². The van der Waals surface area contributed by atoms with E-state index >= 15 is 0 Å². The summed E-state index contributed by atoms with van der Waals surface area (Å²) in [6.07, 6.45) is 0. The van der Waals surface area contributed by atoms with Crippen LogP contribution >= 0.6 is 0 Å². The van der Waals surface area contributed by atoms with E-state index in [1.165, 1.54) is 0 Å². The number of morpholine rings is 2. The summed E-state index contributed by atoms with van der Waals surface area (Å²) in [7, 11) is 4.25. The van der Waals surface area contributed by atoms with Gasteiger partial charge >= 0.3 is 0 Å². The van der Waals surface area contributed by atoms with Crippen LogP contribution in [0.5, 0.6) is 0 Å². The van der Waals surface area contributed by atoms with Crippen molar-refractivity contribution >= 4 is 0 Å². The molecule has 2 aliphatic rings. The van der Waals surface area contributed by atoms with Crippen molar-refractivity contribution in [3.8, 4) is 0 Å². The molecule has 2 heterocycles. The van der Waals surface area contributed by atoms with Gasteiger partial charge in [-0.15, -0.1) is 0 Å². The molecule has 2 aliphatic heterocycles. The fourth-order valence-corrected chi connectivity index (χ4v) is 1.46. The molecule has 118 valence electrons. The van der Waals surface area contributed by atoms with Crippen molar-refractivity contribution in [3.05, 3.63) is 0 Å². The summed E-state index contributed by atoms with van der Waals surface area (Å²) in [4.78, 5) is 4.58. The van der Waals surface area contributed by atoms with Gasteiger partial charge in [-0.05, 0) is 21.0 Å². The maximum Gasteiger partial charge on any atom is 0.0619 e. The first kappa shape index (κ1) is 21.1. The minimum Gasteiger partial charge on any atom is -0.379 e. The zero-order valence-electron chi connectivity index (χ0n) is 14.2. The third-order valence-corrected chi connectivity index (χ3v) is 2.93. The molecule has 0 aromatic carbocycles. The Morgan fingerprint density at radius 1 is 0.789 bits per heavy atom. The number of rotatable bonds is 0. The number of nitrogens with zero attached hydrogens (tertiary/aromatic N) is 2. The van der Waals surface area contributed by atoms with Crippen LogP contribution in [-0.4, -0.2) is 76.0 Å². The summed E-state index contributed by atoms with van der Waals surface area (Å²) in [6.45, 7) is 17.1. The van der Waals surface area contributed by atoms with E-state index in [0.717, 1.165) is 46.1 Å². The Hall–Kier alpha value is -0.160. The van der Waals surface area contributed by atoms with Gasteiger partial charge in [0.15, 0.2) is 0 Å². The normalized spacial score (nSPS) is 23.8. The Bertz CT molecular complexity index is 152. The van der Waals surface area contributed by atoms with Gasteiger partial charge in [0.1, 0.15) is 0 Å². The number of likely N-dealkylation sites (N-methyl/N-ethyl adjacent to an activating group) is 2. The molecule has 0 aliphatic carbocycles. The van der Waals surface area contributed by atoms with E-state index in [-0.39, 0.29) is 0 Å². The average molecular weight is 276 g/mol. The van der Waals surface area contributed by atoms with Gasteiger partial charge in [0, 0.05) is 25.7 Å². The lowest BCUT2D eigenvalue weighted by atomic mass is 10.3. The molecule has 0 saturated carbocycles. The van der Waals surface area contributed by atoms with E-state index in [4.69, 9.17) is 9.47 Å². The lowest BCUT2D eigenvalue weighted by Crippen LogP contribution is -2.40. The first-order chi connectivity index (χ1) is 9.20. The molecular formula is C15H36N2O2. The molecule has 0 aromatic rings. The molecule has 2 saturated heterocycles. The standard InChI is InChI=1S/C6H13NO.C5H11NO.2C2H6/c1-6-5-8-4-3-7(6)2;1-6-2-4-7-5-3-6;2*1-2/h6H,3-5H2,1-2H3;2-5H2,1H3;2*1-2H3. The van der Waals surface area contributed by atoms with Gasteiger partial charge in [0.2, 0.25) is 0 Å². The summed E-state index contributed by atoms with van der Waals surface area (Å²) in [6, 6.07) is 0.615. The van der Waals surface area contributed by atoms with E-state index in [1.807, 2.05) is 27.7 Å². The van der Waals surface area contributed by atoms with Crippen molar-refractivity contribution in [2.45, 2.75) is 40.7 Å². The zero-order valence-corrected chi connectivity index (χ0v) is 14.2. The van der Waals surface area contributed by atoms with Gasteiger partial charge in [0.05, 0.1) is 26.4 Å². The van der Waals surface area contributed by atoms with E-state index in [0.29, 0.717) is 6.04 Å². The van der Waals surface area contributed by atoms with Crippen LogP contribution < -0.4 is 0 Å². The maximum atomic E-state index is 5.21. The van der Waals surface area contributed by atoms with Crippen LogP contribution in [0.15, 0.2) is 0 Å². The maximum absolute atomic E-state index is 5.21. The molecule has 4 heteroatoms. The molecule has 2 rings (SSSR count). The van der Waals surface area contributed by atoms with Gasteiger partial charge in [-0.1, -0.05) is 27.7 Å². The molecule has 0 spiro atoms. The molecule has 1 unspecified atom stereocenters. The molecular weight excluding hydrogens is 240 g/mol. The first-order valence-electron chi connectivity index (χ1n) is 7.74. The summed E-state index contributed by atoms with van der Waals surface area (Å²) in [5, 5.41) is 0. The molecule has 19 heavy (non-hydrogen) atoms. The Labute approximate surface area is 121 Å². The van der Waals surface area contributed by atoms with Crippen molar-refractivity contribution < 1.29 is 9.47 Å². The molecule has 4 nitrogen and oxygen atoms in total. The Kier molecular flexibility index (Phi) is 17.7. The van der Waals surface area contributed by atoms with Gasteiger partial charge in [-0.3, -0.25) is 4.90 Å². The number of ether oxygens (including phenoxy) is 2. The zero-order chi connectivity index (χ0) is 15.1. The minimum absolute atomic E-state index is 0.615. The summed E-state index contributed by atoms with van der Waals surface area (Å²) in [5.41, 5.74) is 0.